The Morgan fingerprint density at radius 1 is 0.921 bits per heavy atom. The van der Waals surface area contributed by atoms with E-state index in [1.54, 1.807) is 29.2 Å². The third kappa shape index (κ3) is 7.16. The molecule has 0 aromatic heterocycles. The summed E-state index contributed by atoms with van der Waals surface area (Å²) in [5, 5.41) is 11.3. The van der Waals surface area contributed by atoms with Gasteiger partial charge in [-0.2, -0.15) is 0 Å². The topological polar surface area (TPSA) is 79.3 Å². The van der Waals surface area contributed by atoms with Crippen LogP contribution in [-0.4, -0.2) is 66.0 Å². The molecule has 1 amide bonds. The molecule has 1 saturated heterocycles. The van der Waals surface area contributed by atoms with Gasteiger partial charge in [-0.1, -0.05) is 45.7 Å². The van der Waals surface area contributed by atoms with Gasteiger partial charge in [0.15, 0.2) is 0 Å². The molecule has 7 heteroatoms. The van der Waals surface area contributed by atoms with Gasteiger partial charge >= 0.3 is 0 Å². The van der Waals surface area contributed by atoms with Crippen molar-refractivity contribution in [3.63, 3.8) is 0 Å². The predicted octanol–water partition coefficient (Wildman–Crippen LogP) is 5.81. The maximum atomic E-state index is 13.3. The first-order valence-electron chi connectivity index (χ1n) is 13.9. The highest BCUT2D eigenvalue weighted by molar-refractivity contribution is 6.46. The highest BCUT2D eigenvalue weighted by Crippen LogP contribution is 2.40. The Kier molecular flexibility index (Phi) is 11.2. The van der Waals surface area contributed by atoms with Crippen molar-refractivity contribution < 1.29 is 24.2 Å². The number of aliphatic hydroxyl groups is 1. The Labute approximate surface area is 227 Å². The van der Waals surface area contributed by atoms with Crippen LogP contribution >= 0.6 is 0 Å². The van der Waals surface area contributed by atoms with Crippen molar-refractivity contribution in [2.24, 2.45) is 0 Å². The molecular weight excluding hydrogens is 480 g/mol. The molecule has 206 valence electrons. The van der Waals surface area contributed by atoms with Crippen LogP contribution in [0.15, 0.2) is 54.1 Å². The van der Waals surface area contributed by atoms with Gasteiger partial charge < -0.3 is 24.4 Å². The molecule has 0 radical (unpaired) electrons. The van der Waals surface area contributed by atoms with Gasteiger partial charge in [-0.05, 0) is 81.4 Å². The number of nitrogens with zero attached hydrogens (tertiary/aromatic N) is 2. The van der Waals surface area contributed by atoms with Gasteiger partial charge in [0, 0.05) is 12.1 Å². The van der Waals surface area contributed by atoms with Crippen molar-refractivity contribution in [3.05, 3.63) is 65.2 Å². The van der Waals surface area contributed by atoms with E-state index in [-0.39, 0.29) is 11.3 Å². The molecule has 1 heterocycles. The SMILES string of the molecule is CCCCCOc1cccc(C2C(=C(O)c3ccc(OCC)cc3)C(=O)C(=O)N2CCCN(CC)CC)c1. The number of hydrogen-bond acceptors (Lipinski definition) is 6. The number of hydrogen-bond donors (Lipinski definition) is 1. The van der Waals surface area contributed by atoms with Gasteiger partial charge in [0.1, 0.15) is 17.3 Å². The Balaban J connectivity index is 1.98. The predicted molar refractivity (Wildman–Crippen MR) is 150 cm³/mol. The Morgan fingerprint density at radius 2 is 1.66 bits per heavy atom. The number of benzene rings is 2. The van der Waals surface area contributed by atoms with Gasteiger partial charge in [0.2, 0.25) is 0 Å². The lowest BCUT2D eigenvalue weighted by molar-refractivity contribution is -0.140. The van der Waals surface area contributed by atoms with Gasteiger partial charge in [0.05, 0.1) is 24.8 Å². The number of carbonyl (C=O) groups is 2. The van der Waals surface area contributed by atoms with E-state index in [1.165, 1.54) is 0 Å². The number of likely N-dealkylation sites (tertiary alicyclic amines) is 1. The summed E-state index contributed by atoms with van der Waals surface area (Å²) in [6.45, 7) is 12.5. The second-order valence-electron chi connectivity index (χ2n) is 9.46. The third-order valence-electron chi connectivity index (χ3n) is 6.94. The van der Waals surface area contributed by atoms with E-state index in [1.807, 2.05) is 31.2 Å². The number of ketones is 1. The van der Waals surface area contributed by atoms with Crippen LogP contribution in [0.2, 0.25) is 0 Å². The van der Waals surface area contributed by atoms with Crippen molar-refractivity contribution in [2.45, 2.75) is 59.4 Å². The number of unbranched alkanes of at least 4 members (excludes halogenated alkanes) is 2. The molecule has 1 unspecified atom stereocenters. The summed E-state index contributed by atoms with van der Waals surface area (Å²) in [4.78, 5) is 30.5. The minimum Gasteiger partial charge on any atom is -0.507 e. The minimum atomic E-state index is -0.697. The van der Waals surface area contributed by atoms with Crippen LogP contribution in [0.25, 0.3) is 5.76 Å². The highest BCUT2D eigenvalue weighted by atomic mass is 16.5. The molecule has 0 aliphatic carbocycles. The number of Topliss-reactive ketones (excluding diaryl/α,β-unsaturated/α-hetero) is 1. The van der Waals surface area contributed by atoms with Crippen LogP contribution in [0.4, 0.5) is 0 Å². The van der Waals surface area contributed by atoms with E-state index < -0.39 is 17.7 Å². The molecule has 2 aromatic carbocycles. The van der Waals surface area contributed by atoms with Crippen molar-refractivity contribution in [2.75, 3.05) is 39.4 Å². The number of ether oxygens (including phenoxy) is 2. The van der Waals surface area contributed by atoms with Gasteiger partial charge in [-0.3, -0.25) is 9.59 Å². The molecule has 1 aliphatic heterocycles. The van der Waals surface area contributed by atoms with Crippen molar-refractivity contribution >= 4 is 17.4 Å². The van der Waals surface area contributed by atoms with Crippen LogP contribution < -0.4 is 9.47 Å². The van der Waals surface area contributed by atoms with E-state index in [4.69, 9.17) is 9.47 Å². The molecule has 38 heavy (non-hydrogen) atoms. The lowest BCUT2D eigenvalue weighted by atomic mass is 9.95. The number of rotatable bonds is 15. The normalized spacial score (nSPS) is 16.9. The number of carbonyl (C=O) groups excluding carboxylic acids is 2. The van der Waals surface area contributed by atoms with Gasteiger partial charge in [-0.25, -0.2) is 0 Å². The average Bonchev–Trinajstić information content (AvgIpc) is 3.19. The Bertz CT molecular complexity index is 1090. The summed E-state index contributed by atoms with van der Waals surface area (Å²) in [5.41, 5.74) is 1.31. The van der Waals surface area contributed by atoms with E-state index in [0.29, 0.717) is 36.8 Å². The molecule has 1 fully saturated rings. The van der Waals surface area contributed by atoms with Gasteiger partial charge in [0.25, 0.3) is 11.7 Å². The maximum absolute atomic E-state index is 13.3. The van der Waals surface area contributed by atoms with Crippen molar-refractivity contribution in [1.29, 1.82) is 0 Å². The Morgan fingerprint density at radius 3 is 2.32 bits per heavy atom. The van der Waals surface area contributed by atoms with Crippen LogP contribution in [0, 0.1) is 0 Å². The zero-order valence-electron chi connectivity index (χ0n) is 23.2. The molecule has 1 N–H and O–H groups in total. The fourth-order valence-corrected chi connectivity index (χ4v) is 4.81. The summed E-state index contributed by atoms with van der Waals surface area (Å²) >= 11 is 0. The number of amides is 1. The first-order valence-corrected chi connectivity index (χ1v) is 13.9. The summed E-state index contributed by atoms with van der Waals surface area (Å²) in [5.74, 6) is -0.0783. The standard InChI is InChI=1S/C31H42N2O5/c1-5-9-10-21-38-26-14-11-13-24(22-26)28-27(29(34)23-15-17-25(18-16-23)37-8-4)30(35)31(36)33(28)20-12-19-32(6-2)7-3/h11,13-18,22,28,34H,5-10,12,19-21H2,1-4H3. The van der Waals surface area contributed by atoms with E-state index in [9.17, 15) is 14.7 Å². The fraction of sp³-hybridized carbons (Fsp3) is 0.484. The molecular formula is C31H42N2O5. The lowest BCUT2D eigenvalue weighted by Crippen LogP contribution is -2.33. The van der Waals surface area contributed by atoms with Crippen molar-refractivity contribution in [3.8, 4) is 11.5 Å². The molecule has 0 saturated carbocycles. The highest BCUT2D eigenvalue weighted by Gasteiger charge is 2.45. The zero-order chi connectivity index (χ0) is 27.5. The quantitative estimate of drug-likeness (QED) is 0.138. The largest absolute Gasteiger partial charge is 0.507 e. The maximum Gasteiger partial charge on any atom is 0.295 e. The summed E-state index contributed by atoms with van der Waals surface area (Å²) < 4.78 is 11.5. The van der Waals surface area contributed by atoms with Crippen LogP contribution in [0.5, 0.6) is 11.5 Å². The zero-order valence-corrected chi connectivity index (χ0v) is 23.2. The second kappa shape index (κ2) is 14.6. The van der Waals surface area contributed by atoms with Crippen LogP contribution in [-0.2, 0) is 9.59 Å². The average molecular weight is 523 g/mol. The van der Waals surface area contributed by atoms with E-state index in [0.717, 1.165) is 50.9 Å². The first kappa shape index (κ1) is 29.2. The van der Waals surface area contributed by atoms with Crippen molar-refractivity contribution in [1.82, 2.24) is 9.80 Å². The number of aliphatic hydroxyl groups excluding tert-OH is 1. The van der Waals surface area contributed by atoms with E-state index >= 15 is 0 Å². The second-order valence-corrected chi connectivity index (χ2v) is 9.46. The smallest absolute Gasteiger partial charge is 0.295 e. The molecule has 1 aliphatic rings. The molecule has 0 spiro atoms. The molecule has 0 bridgehead atoms. The lowest BCUT2D eigenvalue weighted by Gasteiger charge is -2.27. The van der Waals surface area contributed by atoms with Gasteiger partial charge in [-0.15, -0.1) is 0 Å². The summed E-state index contributed by atoms with van der Waals surface area (Å²) in [6, 6.07) is 13.7. The monoisotopic (exact) mass is 522 g/mol. The third-order valence-corrected chi connectivity index (χ3v) is 6.94. The molecule has 3 rings (SSSR count). The molecule has 2 aromatic rings. The van der Waals surface area contributed by atoms with Crippen LogP contribution in [0.1, 0.15) is 70.5 Å². The first-order chi connectivity index (χ1) is 18.4. The minimum absolute atomic E-state index is 0.102. The molecule has 7 nitrogen and oxygen atoms in total. The summed E-state index contributed by atoms with van der Waals surface area (Å²) in [6.07, 6.45) is 3.88. The molecule has 1 atom stereocenters. The van der Waals surface area contributed by atoms with E-state index in [2.05, 4.69) is 25.7 Å². The fourth-order valence-electron chi connectivity index (χ4n) is 4.81. The Hall–Kier alpha value is -3.32. The summed E-state index contributed by atoms with van der Waals surface area (Å²) in [7, 11) is 0. The van der Waals surface area contributed by atoms with Crippen LogP contribution in [0.3, 0.4) is 0 Å².